The Balaban J connectivity index is 2.13. The van der Waals surface area contributed by atoms with Crippen LogP contribution in [-0.2, 0) is 0 Å². The number of benzene rings is 1. The lowest BCUT2D eigenvalue weighted by Gasteiger charge is -2.09. The van der Waals surface area contributed by atoms with Crippen molar-refractivity contribution in [3.05, 3.63) is 42.7 Å². The van der Waals surface area contributed by atoms with Crippen molar-refractivity contribution >= 4 is 16.7 Å². The number of nitrogen functional groups attached to an aromatic ring is 1. The van der Waals surface area contributed by atoms with E-state index in [1.807, 2.05) is 41.8 Å². The Labute approximate surface area is 110 Å². The molecule has 5 nitrogen and oxygen atoms in total. The van der Waals surface area contributed by atoms with Crippen LogP contribution in [0.15, 0.2) is 42.7 Å². The average molecular weight is 254 g/mol. The lowest BCUT2D eigenvalue weighted by molar-refractivity contribution is 0.328. The SMILES string of the molecule is CCOc1nc(-n2cnc3ccccc32)ccc1N. The van der Waals surface area contributed by atoms with Crippen molar-refractivity contribution in [3.8, 4) is 11.7 Å². The molecule has 2 aromatic heterocycles. The maximum atomic E-state index is 5.83. The second-order valence-corrected chi connectivity index (χ2v) is 4.10. The van der Waals surface area contributed by atoms with E-state index < -0.39 is 0 Å². The maximum absolute atomic E-state index is 5.83. The Morgan fingerprint density at radius 2 is 2.05 bits per heavy atom. The minimum atomic E-state index is 0.456. The molecule has 0 atom stereocenters. The molecule has 96 valence electrons. The molecule has 2 N–H and O–H groups in total. The van der Waals surface area contributed by atoms with Crippen LogP contribution in [0.4, 0.5) is 5.69 Å². The van der Waals surface area contributed by atoms with Crippen LogP contribution in [0.5, 0.6) is 5.88 Å². The molecule has 0 fully saturated rings. The highest BCUT2D eigenvalue weighted by atomic mass is 16.5. The monoisotopic (exact) mass is 254 g/mol. The highest BCUT2D eigenvalue weighted by Crippen LogP contribution is 2.22. The number of rotatable bonds is 3. The molecule has 0 aliphatic heterocycles. The first-order valence-corrected chi connectivity index (χ1v) is 6.11. The van der Waals surface area contributed by atoms with Gasteiger partial charge in [0.2, 0.25) is 5.88 Å². The van der Waals surface area contributed by atoms with Crippen LogP contribution in [-0.4, -0.2) is 21.1 Å². The quantitative estimate of drug-likeness (QED) is 0.779. The summed E-state index contributed by atoms with van der Waals surface area (Å²) in [5.41, 5.74) is 8.30. The number of nitrogens with two attached hydrogens (primary N) is 1. The Morgan fingerprint density at radius 3 is 2.89 bits per heavy atom. The average Bonchev–Trinajstić information content (AvgIpc) is 2.85. The standard InChI is InChI=1S/C14H14N4O/c1-2-19-14-10(15)7-8-13(17-14)18-9-16-11-5-3-4-6-12(11)18/h3-9H,2,15H2,1H3. The van der Waals surface area contributed by atoms with Gasteiger partial charge < -0.3 is 10.5 Å². The van der Waals surface area contributed by atoms with Gasteiger partial charge in [-0.05, 0) is 31.2 Å². The summed E-state index contributed by atoms with van der Waals surface area (Å²) in [6.45, 7) is 2.44. The van der Waals surface area contributed by atoms with Gasteiger partial charge in [-0.3, -0.25) is 4.57 Å². The van der Waals surface area contributed by atoms with Gasteiger partial charge in [0.1, 0.15) is 12.1 Å². The minimum absolute atomic E-state index is 0.456. The van der Waals surface area contributed by atoms with Crippen molar-refractivity contribution in [1.82, 2.24) is 14.5 Å². The Bertz CT molecular complexity index is 720. The fourth-order valence-corrected chi connectivity index (χ4v) is 1.97. The zero-order chi connectivity index (χ0) is 13.2. The summed E-state index contributed by atoms with van der Waals surface area (Å²) < 4.78 is 7.33. The number of hydrogen-bond acceptors (Lipinski definition) is 4. The second kappa shape index (κ2) is 4.61. The summed E-state index contributed by atoms with van der Waals surface area (Å²) in [6, 6.07) is 11.5. The number of hydrogen-bond donors (Lipinski definition) is 1. The van der Waals surface area contributed by atoms with Crippen molar-refractivity contribution in [3.63, 3.8) is 0 Å². The van der Waals surface area contributed by atoms with Gasteiger partial charge in [-0.15, -0.1) is 0 Å². The van der Waals surface area contributed by atoms with Crippen LogP contribution in [0.2, 0.25) is 0 Å². The third-order valence-corrected chi connectivity index (χ3v) is 2.86. The van der Waals surface area contributed by atoms with Crippen LogP contribution >= 0.6 is 0 Å². The molecule has 0 unspecified atom stereocenters. The fraction of sp³-hybridized carbons (Fsp3) is 0.143. The molecule has 1 aromatic carbocycles. The molecule has 3 rings (SSSR count). The molecule has 19 heavy (non-hydrogen) atoms. The van der Waals surface area contributed by atoms with Crippen molar-refractivity contribution in [2.24, 2.45) is 0 Å². The summed E-state index contributed by atoms with van der Waals surface area (Å²) in [5, 5.41) is 0. The summed E-state index contributed by atoms with van der Waals surface area (Å²) >= 11 is 0. The second-order valence-electron chi connectivity index (χ2n) is 4.10. The van der Waals surface area contributed by atoms with Crippen LogP contribution in [0.25, 0.3) is 16.9 Å². The van der Waals surface area contributed by atoms with E-state index in [-0.39, 0.29) is 0 Å². The van der Waals surface area contributed by atoms with Gasteiger partial charge in [0, 0.05) is 0 Å². The van der Waals surface area contributed by atoms with Crippen molar-refractivity contribution in [2.75, 3.05) is 12.3 Å². The highest BCUT2D eigenvalue weighted by molar-refractivity contribution is 5.76. The predicted molar refractivity (Wildman–Crippen MR) is 74.4 cm³/mol. The first-order chi connectivity index (χ1) is 9.29. The van der Waals surface area contributed by atoms with E-state index in [4.69, 9.17) is 10.5 Å². The van der Waals surface area contributed by atoms with Crippen molar-refractivity contribution in [2.45, 2.75) is 6.92 Å². The molecule has 0 aliphatic rings. The molecular weight excluding hydrogens is 240 g/mol. The molecule has 0 radical (unpaired) electrons. The molecule has 0 aliphatic carbocycles. The van der Waals surface area contributed by atoms with Gasteiger partial charge >= 0.3 is 0 Å². The van der Waals surface area contributed by atoms with E-state index in [0.717, 1.165) is 16.9 Å². The van der Waals surface area contributed by atoms with Crippen LogP contribution in [0.3, 0.4) is 0 Å². The van der Waals surface area contributed by atoms with Crippen molar-refractivity contribution in [1.29, 1.82) is 0 Å². The number of imidazole rings is 1. The largest absolute Gasteiger partial charge is 0.476 e. The molecule has 2 heterocycles. The van der Waals surface area contributed by atoms with Crippen LogP contribution in [0, 0.1) is 0 Å². The summed E-state index contributed by atoms with van der Waals surface area (Å²) in [7, 11) is 0. The topological polar surface area (TPSA) is 66.0 Å². The smallest absolute Gasteiger partial charge is 0.239 e. The van der Waals surface area contributed by atoms with E-state index in [1.165, 1.54) is 0 Å². The molecular formula is C14H14N4O. The number of aromatic nitrogens is 3. The normalized spacial score (nSPS) is 10.8. The summed E-state index contributed by atoms with van der Waals surface area (Å²) in [6.07, 6.45) is 1.75. The van der Waals surface area contributed by atoms with E-state index in [1.54, 1.807) is 12.4 Å². The van der Waals surface area contributed by atoms with E-state index in [0.29, 0.717) is 18.2 Å². The van der Waals surface area contributed by atoms with Gasteiger partial charge in [0.05, 0.1) is 23.3 Å². The van der Waals surface area contributed by atoms with Gasteiger partial charge in [0.15, 0.2) is 0 Å². The van der Waals surface area contributed by atoms with Gasteiger partial charge in [-0.1, -0.05) is 12.1 Å². The number of nitrogens with zero attached hydrogens (tertiary/aromatic N) is 3. The number of ether oxygens (including phenoxy) is 1. The van der Waals surface area contributed by atoms with E-state index in [2.05, 4.69) is 9.97 Å². The third kappa shape index (κ3) is 1.99. The number of pyridine rings is 1. The van der Waals surface area contributed by atoms with Gasteiger partial charge in [-0.25, -0.2) is 4.98 Å². The predicted octanol–water partition coefficient (Wildman–Crippen LogP) is 2.40. The molecule has 0 saturated carbocycles. The minimum Gasteiger partial charge on any atom is -0.476 e. The van der Waals surface area contributed by atoms with Crippen LogP contribution in [0.1, 0.15) is 6.92 Å². The Hall–Kier alpha value is -2.56. The molecule has 0 bridgehead atoms. The van der Waals surface area contributed by atoms with Gasteiger partial charge in [-0.2, -0.15) is 4.98 Å². The Kier molecular flexibility index (Phi) is 2.79. The number of fused-ring (bicyclic) bond motifs is 1. The summed E-state index contributed by atoms with van der Waals surface area (Å²) in [4.78, 5) is 8.77. The maximum Gasteiger partial charge on any atom is 0.239 e. The molecule has 0 spiro atoms. The lowest BCUT2D eigenvalue weighted by atomic mass is 10.3. The molecule has 0 saturated heterocycles. The molecule has 0 amide bonds. The third-order valence-electron chi connectivity index (χ3n) is 2.86. The lowest BCUT2D eigenvalue weighted by Crippen LogP contribution is -2.03. The zero-order valence-corrected chi connectivity index (χ0v) is 10.6. The Morgan fingerprint density at radius 1 is 1.21 bits per heavy atom. The zero-order valence-electron chi connectivity index (χ0n) is 10.6. The van der Waals surface area contributed by atoms with E-state index >= 15 is 0 Å². The first kappa shape index (κ1) is 11.5. The van der Waals surface area contributed by atoms with Gasteiger partial charge in [0.25, 0.3) is 0 Å². The number of para-hydroxylation sites is 2. The highest BCUT2D eigenvalue weighted by Gasteiger charge is 2.08. The first-order valence-electron chi connectivity index (χ1n) is 6.11. The van der Waals surface area contributed by atoms with Crippen LogP contribution < -0.4 is 10.5 Å². The number of anilines is 1. The van der Waals surface area contributed by atoms with E-state index in [9.17, 15) is 0 Å². The summed E-state index contributed by atoms with van der Waals surface area (Å²) in [5.74, 6) is 1.20. The molecule has 3 aromatic rings. The van der Waals surface area contributed by atoms with Crippen molar-refractivity contribution < 1.29 is 4.74 Å². The molecule has 5 heteroatoms. The fourth-order valence-electron chi connectivity index (χ4n) is 1.97.